The van der Waals surface area contributed by atoms with Gasteiger partial charge in [-0.3, -0.25) is 4.79 Å². The molecule has 55 heavy (non-hydrogen) atoms. The maximum absolute atomic E-state index is 11.3. The van der Waals surface area contributed by atoms with Crippen LogP contribution in [0.3, 0.4) is 0 Å². The molecule has 4 aromatic carbocycles. The first kappa shape index (κ1) is 41.3. The van der Waals surface area contributed by atoms with Gasteiger partial charge in [-0.1, -0.05) is 107 Å². The summed E-state index contributed by atoms with van der Waals surface area (Å²) in [5, 5.41) is 0. The molecule has 290 valence electrons. The lowest BCUT2D eigenvalue weighted by molar-refractivity contribution is -0.137. The van der Waals surface area contributed by atoms with Crippen LogP contribution in [0.1, 0.15) is 111 Å². The number of carbonyl (C=O) groups excluding carboxylic acids is 2. The Morgan fingerprint density at radius 2 is 0.945 bits per heavy atom. The van der Waals surface area contributed by atoms with Crippen LogP contribution in [0.2, 0.25) is 0 Å². The highest BCUT2D eigenvalue weighted by molar-refractivity contribution is 5.88. The molecule has 0 fully saturated rings. The second kappa shape index (κ2) is 21.3. The van der Waals surface area contributed by atoms with Gasteiger partial charge in [0, 0.05) is 17.9 Å². The van der Waals surface area contributed by atoms with Crippen molar-refractivity contribution in [3.05, 3.63) is 144 Å². The number of fused-ring (bicyclic) bond motifs is 3. The summed E-state index contributed by atoms with van der Waals surface area (Å²) >= 11 is 0. The molecule has 5 heteroatoms. The van der Waals surface area contributed by atoms with Gasteiger partial charge in [-0.05, 0) is 139 Å². The number of unbranched alkanes of at least 4 members (excludes halogenated alkanes) is 7. The molecule has 4 aromatic rings. The number of carbonyl (C=O) groups is 2. The number of hydrogen-bond donors (Lipinski definition) is 0. The van der Waals surface area contributed by atoms with Crippen LogP contribution in [0.15, 0.2) is 110 Å². The van der Waals surface area contributed by atoms with Gasteiger partial charge in [0.25, 0.3) is 0 Å². The van der Waals surface area contributed by atoms with E-state index in [9.17, 15) is 9.59 Å². The van der Waals surface area contributed by atoms with E-state index in [-0.39, 0.29) is 17.2 Å². The first-order chi connectivity index (χ1) is 26.8. The molecule has 0 aliphatic heterocycles. The third kappa shape index (κ3) is 12.6. The number of aryl methyl sites for hydroxylation is 4. The van der Waals surface area contributed by atoms with Crippen LogP contribution in [0.5, 0.6) is 11.5 Å². The maximum atomic E-state index is 11.3. The highest BCUT2D eigenvalue weighted by atomic mass is 16.5. The van der Waals surface area contributed by atoms with Crippen LogP contribution >= 0.6 is 0 Å². The highest BCUT2D eigenvalue weighted by Gasteiger charge is 2.35. The summed E-state index contributed by atoms with van der Waals surface area (Å²) in [6, 6.07) is 31.3. The van der Waals surface area contributed by atoms with E-state index in [4.69, 9.17) is 14.2 Å². The Morgan fingerprint density at radius 1 is 0.527 bits per heavy atom. The molecule has 0 radical (unpaired) electrons. The minimum absolute atomic E-state index is 0.0441. The Balaban J connectivity index is 1.03. The Hall–Kier alpha value is -4.90. The molecule has 0 saturated heterocycles. The van der Waals surface area contributed by atoms with Crippen molar-refractivity contribution in [3.63, 3.8) is 0 Å². The van der Waals surface area contributed by atoms with Gasteiger partial charge in [-0.25, -0.2) is 4.79 Å². The van der Waals surface area contributed by atoms with Crippen molar-refractivity contribution in [1.29, 1.82) is 0 Å². The van der Waals surface area contributed by atoms with Gasteiger partial charge < -0.3 is 14.2 Å². The SMILES string of the molecule is C=CC(=O)CCCCCCCOc1ccc(CCc2ccc3c(c2)C(C)(C)c2cc(CCc4ccc(OCCCCCCOC(=O)C=C)cc4)ccc2-3)cc1. The third-order valence-corrected chi connectivity index (χ3v) is 10.8. The van der Waals surface area contributed by atoms with Gasteiger partial charge in [-0.2, -0.15) is 0 Å². The van der Waals surface area contributed by atoms with E-state index in [1.807, 2.05) is 0 Å². The number of ether oxygens (including phenoxy) is 3. The summed E-state index contributed by atoms with van der Waals surface area (Å²) in [5.41, 5.74) is 10.9. The normalized spacial score (nSPS) is 12.4. The molecular formula is C50H60O5. The molecule has 0 unspecified atom stereocenters. The zero-order valence-electron chi connectivity index (χ0n) is 33.2. The Kier molecular flexibility index (Phi) is 16.0. The maximum Gasteiger partial charge on any atom is 0.330 e. The van der Waals surface area contributed by atoms with Gasteiger partial charge in [0.1, 0.15) is 11.5 Å². The van der Waals surface area contributed by atoms with Crippen molar-refractivity contribution in [1.82, 2.24) is 0 Å². The molecule has 0 spiro atoms. The van der Waals surface area contributed by atoms with Crippen LogP contribution in [-0.2, 0) is 45.4 Å². The summed E-state index contributed by atoms with van der Waals surface area (Å²) in [4.78, 5) is 22.4. The fraction of sp³-hybridized carbons (Fsp3) is 0.400. The van der Waals surface area contributed by atoms with Crippen LogP contribution in [0, 0.1) is 0 Å². The smallest absolute Gasteiger partial charge is 0.330 e. The summed E-state index contributed by atoms with van der Waals surface area (Å²) in [6.07, 6.45) is 16.5. The number of rotatable bonds is 25. The molecule has 0 atom stereocenters. The molecule has 0 amide bonds. The van der Waals surface area contributed by atoms with Crippen molar-refractivity contribution in [2.24, 2.45) is 0 Å². The van der Waals surface area contributed by atoms with E-state index >= 15 is 0 Å². The summed E-state index contributed by atoms with van der Waals surface area (Å²) in [6.45, 7) is 13.6. The molecule has 0 aromatic heterocycles. The Labute approximate surface area is 329 Å². The minimum atomic E-state index is -0.355. The lowest BCUT2D eigenvalue weighted by Gasteiger charge is -2.22. The minimum Gasteiger partial charge on any atom is -0.494 e. The van der Waals surface area contributed by atoms with E-state index in [0.29, 0.717) is 19.6 Å². The number of esters is 1. The first-order valence-corrected chi connectivity index (χ1v) is 20.4. The van der Waals surface area contributed by atoms with Crippen LogP contribution in [0.4, 0.5) is 0 Å². The van der Waals surface area contributed by atoms with Crippen LogP contribution in [0.25, 0.3) is 11.1 Å². The lowest BCUT2D eigenvalue weighted by atomic mass is 9.81. The van der Waals surface area contributed by atoms with Crippen molar-refractivity contribution in [3.8, 4) is 22.6 Å². The number of hydrogen-bond acceptors (Lipinski definition) is 5. The highest BCUT2D eigenvalue weighted by Crippen LogP contribution is 2.49. The molecule has 0 heterocycles. The standard InChI is InChI=1S/C50H60O5/c1-5-42(51)16-12-8-7-9-13-33-53-43-27-21-38(22-28-43)17-19-40-25-31-45-46-32-26-41(37-48(46)50(3,4)47(45)36-40)20-18-39-23-29-44(30-24-39)54-34-14-10-11-15-35-55-49(52)6-2/h5-6,21-32,36-37H,1-2,7-20,33-35H2,3-4H3. The van der Waals surface area contributed by atoms with Crippen LogP contribution in [-0.4, -0.2) is 31.6 Å². The first-order valence-electron chi connectivity index (χ1n) is 20.4. The molecule has 1 aliphatic carbocycles. The van der Waals surface area contributed by atoms with Crippen molar-refractivity contribution >= 4 is 11.8 Å². The zero-order chi connectivity index (χ0) is 38.9. The topological polar surface area (TPSA) is 61.8 Å². The van der Waals surface area contributed by atoms with E-state index in [0.717, 1.165) is 102 Å². The third-order valence-electron chi connectivity index (χ3n) is 10.8. The fourth-order valence-corrected chi connectivity index (χ4v) is 7.43. The Morgan fingerprint density at radius 3 is 1.42 bits per heavy atom. The van der Waals surface area contributed by atoms with E-state index in [1.54, 1.807) is 0 Å². The summed E-state index contributed by atoms with van der Waals surface area (Å²) in [7, 11) is 0. The average molecular weight is 741 g/mol. The lowest BCUT2D eigenvalue weighted by Crippen LogP contribution is -2.15. The summed E-state index contributed by atoms with van der Waals surface area (Å²) < 4.78 is 17.0. The predicted octanol–water partition coefficient (Wildman–Crippen LogP) is 11.7. The van der Waals surface area contributed by atoms with Gasteiger partial charge in [0.05, 0.1) is 19.8 Å². The van der Waals surface area contributed by atoms with Gasteiger partial charge in [0.2, 0.25) is 0 Å². The molecule has 1 aliphatic rings. The molecule has 5 nitrogen and oxygen atoms in total. The number of benzene rings is 4. The monoisotopic (exact) mass is 740 g/mol. The van der Waals surface area contributed by atoms with Crippen molar-refractivity contribution in [2.45, 2.75) is 109 Å². The van der Waals surface area contributed by atoms with Crippen molar-refractivity contribution < 1.29 is 23.8 Å². The number of ketones is 1. The zero-order valence-corrected chi connectivity index (χ0v) is 33.2. The quantitative estimate of drug-likeness (QED) is 0.0385. The second-order valence-corrected chi connectivity index (χ2v) is 15.3. The van der Waals surface area contributed by atoms with Crippen molar-refractivity contribution in [2.75, 3.05) is 19.8 Å². The van der Waals surface area contributed by atoms with Gasteiger partial charge in [-0.15, -0.1) is 0 Å². The molecule has 0 saturated carbocycles. The van der Waals surface area contributed by atoms with E-state index < -0.39 is 0 Å². The second-order valence-electron chi connectivity index (χ2n) is 15.3. The molecule has 0 N–H and O–H groups in total. The number of allylic oxidation sites excluding steroid dienone is 1. The molecule has 0 bridgehead atoms. The summed E-state index contributed by atoms with van der Waals surface area (Å²) in [5.74, 6) is 1.63. The van der Waals surface area contributed by atoms with E-state index in [2.05, 4.69) is 112 Å². The average Bonchev–Trinajstić information content (AvgIpc) is 3.43. The van der Waals surface area contributed by atoms with Gasteiger partial charge >= 0.3 is 5.97 Å². The van der Waals surface area contributed by atoms with E-state index in [1.165, 1.54) is 56.7 Å². The predicted molar refractivity (Wildman–Crippen MR) is 225 cm³/mol. The van der Waals surface area contributed by atoms with Gasteiger partial charge in [0.15, 0.2) is 5.78 Å². The largest absolute Gasteiger partial charge is 0.494 e. The Bertz CT molecular complexity index is 1720. The molecular weight excluding hydrogens is 681 g/mol. The molecule has 5 rings (SSSR count). The fourth-order valence-electron chi connectivity index (χ4n) is 7.43. The van der Waals surface area contributed by atoms with Crippen LogP contribution < -0.4 is 9.47 Å².